The van der Waals surface area contributed by atoms with E-state index < -0.39 is 17.7 Å². The molecule has 1 saturated heterocycles. The highest BCUT2D eigenvalue weighted by Gasteiger charge is 2.55. The number of imide groups is 1. The Labute approximate surface area is 176 Å². The molecule has 0 unspecified atom stereocenters. The molecule has 2 atom stereocenters. The normalized spacial score (nSPS) is 21.7. The van der Waals surface area contributed by atoms with Crippen LogP contribution in [0.3, 0.4) is 0 Å². The molecule has 0 saturated carbocycles. The number of aryl methyl sites for hydroxylation is 1. The molecule has 0 radical (unpaired) electrons. The predicted molar refractivity (Wildman–Crippen MR) is 113 cm³/mol. The number of β-amino-alcohol motifs (C(OH)–C–C–N with tert-alkyl or cyclic N) is 1. The number of amides is 3. The number of benzene rings is 2. The fourth-order valence-electron chi connectivity index (χ4n) is 4.26. The van der Waals surface area contributed by atoms with Gasteiger partial charge in [-0.25, -0.2) is 4.79 Å². The third kappa shape index (κ3) is 3.56. The Bertz CT molecular complexity index is 964. The summed E-state index contributed by atoms with van der Waals surface area (Å²) in [5.74, 6) is 0.339. The second kappa shape index (κ2) is 7.43. The van der Waals surface area contributed by atoms with Crippen LogP contribution in [0.15, 0.2) is 48.5 Å². The van der Waals surface area contributed by atoms with Crippen LogP contribution in [-0.2, 0) is 22.2 Å². The summed E-state index contributed by atoms with van der Waals surface area (Å²) < 4.78 is 5.67. The maximum absolute atomic E-state index is 13.1. The number of nitrogens with one attached hydrogen (secondary N) is 1. The number of carbonyl (C=O) groups is 2. The summed E-state index contributed by atoms with van der Waals surface area (Å²) in [6.45, 7) is 6.31. The van der Waals surface area contributed by atoms with Crippen LogP contribution in [0.25, 0.3) is 0 Å². The molecule has 30 heavy (non-hydrogen) atoms. The second-order valence-corrected chi connectivity index (χ2v) is 9.15. The van der Waals surface area contributed by atoms with E-state index in [1.807, 2.05) is 48.5 Å². The van der Waals surface area contributed by atoms with Gasteiger partial charge in [0.2, 0.25) is 0 Å². The van der Waals surface area contributed by atoms with Crippen molar-refractivity contribution < 1.29 is 19.4 Å². The summed E-state index contributed by atoms with van der Waals surface area (Å²) >= 11 is 0. The lowest BCUT2D eigenvalue weighted by molar-refractivity contribution is -0.132. The van der Waals surface area contributed by atoms with Gasteiger partial charge in [0, 0.05) is 0 Å². The van der Waals surface area contributed by atoms with Crippen molar-refractivity contribution in [3.05, 3.63) is 65.2 Å². The lowest BCUT2D eigenvalue weighted by atomic mass is 9.87. The van der Waals surface area contributed by atoms with E-state index in [2.05, 4.69) is 26.1 Å². The largest absolute Gasteiger partial charge is 0.491 e. The Kier molecular flexibility index (Phi) is 5.06. The van der Waals surface area contributed by atoms with Crippen molar-refractivity contribution in [3.63, 3.8) is 0 Å². The molecule has 4 rings (SSSR count). The first kappa shape index (κ1) is 20.4. The van der Waals surface area contributed by atoms with Gasteiger partial charge in [-0.2, -0.15) is 0 Å². The van der Waals surface area contributed by atoms with E-state index >= 15 is 0 Å². The minimum Gasteiger partial charge on any atom is -0.491 e. The summed E-state index contributed by atoms with van der Waals surface area (Å²) in [7, 11) is 0. The third-order valence-electron chi connectivity index (χ3n) is 5.98. The van der Waals surface area contributed by atoms with Crippen molar-refractivity contribution in [2.75, 3.05) is 13.2 Å². The van der Waals surface area contributed by atoms with E-state index in [1.54, 1.807) is 0 Å². The summed E-state index contributed by atoms with van der Waals surface area (Å²) in [4.78, 5) is 26.8. The van der Waals surface area contributed by atoms with Crippen molar-refractivity contribution in [2.24, 2.45) is 0 Å². The average Bonchev–Trinajstić information content (AvgIpc) is 3.19. The van der Waals surface area contributed by atoms with E-state index in [4.69, 9.17) is 4.74 Å². The molecule has 6 nitrogen and oxygen atoms in total. The van der Waals surface area contributed by atoms with E-state index in [1.165, 1.54) is 5.56 Å². The molecule has 2 N–H and O–H groups in total. The number of hydrogen-bond acceptors (Lipinski definition) is 4. The number of fused-ring (bicyclic) bond motifs is 2. The molecular weight excluding hydrogens is 380 g/mol. The zero-order chi connectivity index (χ0) is 21.5. The number of nitrogens with zero attached hydrogens (tertiary/aromatic N) is 1. The van der Waals surface area contributed by atoms with Gasteiger partial charge in [-0.1, -0.05) is 57.2 Å². The maximum atomic E-state index is 13.1. The minimum atomic E-state index is -1.00. The first-order valence-corrected chi connectivity index (χ1v) is 10.3. The zero-order valence-electron chi connectivity index (χ0n) is 17.6. The highest BCUT2D eigenvalue weighted by atomic mass is 16.5. The van der Waals surface area contributed by atoms with Gasteiger partial charge < -0.3 is 15.2 Å². The Balaban J connectivity index is 1.39. The zero-order valence-corrected chi connectivity index (χ0v) is 17.6. The van der Waals surface area contributed by atoms with Gasteiger partial charge in [0.05, 0.1) is 6.54 Å². The quantitative estimate of drug-likeness (QED) is 0.745. The highest BCUT2D eigenvalue weighted by Crippen LogP contribution is 2.41. The maximum Gasteiger partial charge on any atom is 0.325 e. The number of ether oxygens (including phenoxy) is 1. The molecule has 1 aliphatic heterocycles. The summed E-state index contributed by atoms with van der Waals surface area (Å²) in [5.41, 5.74) is 2.18. The molecule has 2 aliphatic rings. The number of aliphatic hydroxyl groups excluding tert-OH is 1. The Morgan fingerprint density at radius 1 is 1.13 bits per heavy atom. The minimum absolute atomic E-state index is 0.00445. The molecule has 1 heterocycles. The van der Waals surface area contributed by atoms with Crippen LogP contribution in [0.2, 0.25) is 0 Å². The molecule has 2 aromatic rings. The van der Waals surface area contributed by atoms with Crippen LogP contribution in [0, 0.1) is 0 Å². The second-order valence-electron chi connectivity index (χ2n) is 9.15. The molecule has 6 heteroatoms. The molecule has 2 aromatic carbocycles. The fraction of sp³-hybridized carbons (Fsp3) is 0.417. The number of rotatable bonds is 5. The summed E-state index contributed by atoms with van der Waals surface area (Å²) in [6.07, 6.45) is 0.306. The van der Waals surface area contributed by atoms with Crippen LogP contribution < -0.4 is 10.1 Å². The molecule has 3 amide bonds. The van der Waals surface area contributed by atoms with Crippen LogP contribution in [0.4, 0.5) is 4.79 Å². The number of aliphatic hydroxyl groups is 1. The lowest BCUT2D eigenvalue weighted by Gasteiger charge is -2.23. The number of hydrogen-bond donors (Lipinski definition) is 2. The molecule has 0 aromatic heterocycles. The molecular formula is C24H28N2O4. The van der Waals surface area contributed by atoms with E-state index in [0.29, 0.717) is 12.2 Å². The van der Waals surface area contributed by atoms with Gasteiger partial charge in [-0.15, -0.1) is 0 Å². The van der Waals surface area contributed by atoms with Crippen LogP contribution in [0.5, 0.6) is 5.75 Å². The summed E-state index contributed by atoms with van der Waals surface area (Å²) in [6, 6.07) is 15.0. The number of urea groups is 1. The summed E-state index contributed by atoms with van der Waals surface area (Å²) in [5, 5.41) is 13.3. The number of carbonyl (C=O) groups excluding carboxylic acids is 2. The Morgan fingerprint density at radius 2 is 1.83 bits per heavy atom. The smallest absolute Gasteiger partial charge is 0.325 e. The first-order chi connectivity index (χ1) is 14.2. The van der Waals surface area contributed by atoms with Crippen molar-refractivity contribution in [3.8, 4) is 5.75 Å². The Hall–Kier alpha value is -2.86. The van der Waals surface area contributed by atoms with Crippen LogP contribution >= 0.6 is 0 Å². The van der Waals surface area contributed by atoms with Crippen LogP contribution in [0.1, 0.15) is 43.9 Å². The molecule has 1 fully saturated rings. The molecule has 1 spiro atoms. The molecule has 1 aliphatic carbocycles. The lowest BCUT2D eigenvalue weighted by Crippen LogP contribution is -2.43. The van der Waals surface area contributed by atoms with Gasteiger partial charge >= 0.3 is 6.03 Å². The average molecular weight is 408 g/mol. The topological polar surface area (TPSA) is 78.9 Å². The predicted octanol–water partition coefficient (Wildman–Crippen LogP) is 3.12. The first-order valence-electron chi connectivity index (χ1n) is 10.3. The monoisotopic (exact) mass is 408 g/mol. The Morgan fingerprint density at radius 3 is 2.53 bits per heavy atom. The standard InChI is InChI=1S/C24H28N2O4/c1-23(2,3)17-8-10-19(11-9-17)30-15-18(27)14-26-21(28)24(25-22(26)29)13-12-16-6-4-5-7-20(16)24/h4-11,18,27H,12-15H2,1-3H3,(H,25,29)/t18-,24-/m0/s1. The van der Waals surface area contributed by atoms with Gasteiger partial charge in [0.25, 0.3) is 5.91 Å². The fourth-order valence-corrected chi connectivity index (χ4v) is 4.26. The van der Waals surface area contributed by atoms with Gasteiger partial charge in [-0.05, 0) is 47.1 Å². The van der Waals surface area contributed by atoms with E-state index in [9.17, 15) is 14.7 Å². The van der Waals surface area contributed by atoms with E-state index in [0.717, 1.165) is 22.4 Å². The van der Waals surface area contributed by atoms with Crippen molar-refractivity contribution in [1.82, 2.24) is 10.2 Å². The van der Waals surface area contributed by atoms with Crippen molar-refractivity contribution in [2.45, 2.75) is 50.7 Å². The highest BCUT2D eigenvalue weighted by molar-refractivity contribution is 6.08. The SMILES string of the molecule is CC(C)(C)c1ccc(OC[C@@H](O)CN2C(=O)N[C@]3(CCc4ccccc43)C2=O)cc1. The van der Waals surface area contributed by atoms with Crippen molar-refractivity contribution in [1.29, 1.82) is 0 Å². The van der Waals surface area contributed by atoms with Crippen LogP contribution in [-0.4, -0.2) is 41.2 Å². The molecule has 0 bridgehead atoms. The molecule has 158 valence electrons. The van der Waals surface area contributed by atoms with Gasteiger partial charge in [0.15, 0.2) is 0 Å². The third-order valence-corrected chi connectivity index (χ3v) is 5.98. The van der Waals surface area contributed by atoms with Gasteiger partial charge in [-0.3, -0.25) is 9.69 Å². The van der Waals surface area contributed by atoms with E-state index in [-0.39, 0.29) is 24.5 Å². The van der Waals surface area contributed by atoms with Crippen molar-refractivity contribution >= 4 is 11.9 Å². The van der Waals surface area contributed by atoms with Gasteiger partial charge in [0.1, 0.15) is 24.0 Å².